The van der Waals surface area contributed by atoms with Crippen molar-refractivity contribution in [2.75, 3.05) is 38.3 Å². The summed E-state index contributed by atoms with van der Waals surface area (Å²) in [5.74, 6) is 0.965. The van der Waals surface area contributed by atoms with E-state index in [1.165, 1.54) is 11.1 Å². The summed E-state index contributed by atoms with van der Waals surface area (Å²) in [6, 6.07) is 4.15. The van der Waals surface area contributed by atoms with Gasteiger partial charge in [0.2, 0.25) is 0 Å². The number of ether oxygens (including phenoxy) is 4. The van der Waals surface area contributed by atoms with Crippen LogP contribution in [-0.2, 0) is 20.6 Å². The predicted octanol–water partition coefficient (Wildman–Crippen LogP) is 1.52. The van der Waals surface area contributed by atoms with E-state index in [1.807, 2.05) is 0 Å². The molecule has 5 nitrogen and oxygen atoms in total. The zero-order chi connectivity index (χ0) is 14.2. The number of nitrogens with one attached hydrogen (secondary N) is 1. The number of rotatable bonds is 8. The molecule has 0 radical (unpaired) electrons. The van der Waals surface area contributed by atoms with Crippen LogP contribution in [0.15, 0.2) is 12.1 Å². The number of anilines is 1. The molecule has 3 saturated heterocycles. The zero-order valence-electron chi connectivity index (χ0n) is 12.3. The lowest BCUT2D eigenvalue weighted by molar-refractivity contribution is 0.260. The lowest BCUT2D eigenvalue weighted by Crippen LogP contribution is -2.12. The Bertz CT molecular complexity index is 521. The summed E-state index contributed by atoms with van der Waals surface area (Å²) in [4.78, 5) is 0. The molecule has 0 saturated carbocycles. The van der Waals surface area contributed by atoms with E-state index in [0.29, 0.717) is 18.8 Å². The summed E-state index contributed by atoms with van der Waals surface area (Å²) >= 11 is 0. The molecule has 1 aromatic rings. The van der Waals surface area contributed by atoms with E-state index in [1.54, 1.807) is 0 Å². The largest absolute Gasteiger partial charge is 0.490 e. The summed E-state index contributed by atoms with van der Waals surface area (Å²) in [7, 11) is 0. The first kappa shape index (κ1) is 13.4. The molecule has 1 N–H and O–H groups in total. The molecule has 4 rings (SSSR count). The fourth-order valence-corrected chi connectivity index (χ4v) is 2.48. The maximum atomic E-state index is 5.93. The van der Waals surface area contributed by atoms with Gasteiger partial charge < -0.3 is 24.3 Å². The second-order valence-electron chi connectivity index (χ2n) is 5.98. The van der Waals surface area contributed by atoms with Crippen LogP contribution >= 0.6 is 0 Å². The van der Waals surface area contributed by atoms with Crippen LogP contribution in [0.3, 0.4) is 0 Å². The van der Waals surface area contributed by atoms with E-state index in [2.05, 4.69) is 24.4 Å². The first-order valence-electron chi connectivity index (χ1n) is 7.63. The summed E-state index contributed by atoms with van der Waals surface area (Å²) in [6.45, 7) is 6.21. The Labute approximate surface area is 124 Å². The van der Waals surface area contributed by atoms with E-state index in [4.69, 9.17) is 18.9 Å². The third-order valence-corrected chi connectivity index (χ3v) is 4.14. The van der Waals surface area contributed by atoms with Crippen molar-refractivity contribution in [1.82, 2.24) is 0 Å². The van der Waals surface area contributed by atoms with E-state index < -0.39 is 0 Å². The van der Waals surface area contributed by atoms with Gasteiger partial charge in [-0.05, 0) is 24.6 Å². The minimum absolute atomic E-state index is 0.278. The molecule has 0 spiro atoms. The van der Waals surface area contributed by atoms with Gasteiger partial charge in [-0.25, -0.2) is 0 Å². The van der Waals surface area contributed by atoms with Gasteiger partial charge in [0.05, 0.1) is 32.0 Å². The fraction of sp³-hybridized carbons (Fsp3) is 0.625. The van der Waals surface area contributed by atoms with Crippen molar-refractivity contribution in [2.24, 2.45) is 0 Å². The van der Waals surface area contributed by atoms with Crippen molar-refractivity contribution in [3.05, 3.63) is 23.3 Å². The van der Waals surface area contributed by atoms with Gasteiger partial charge in [-0.1, -0.05) is 0 Å². The number of hydrogen-bond donors (Lipinski definition) is 1. The second kappa shape index (κ2) is 5.48. The molecular formula is C16H21NO4. The van der Waals surface area contributed by atoms with E-state index in [0.717, 1.165) is 44.2 Å². The van der Waals surface area contributed by atoms with Crippen LogP contribution in [-0.4, -0.2) is 51.3 Å². The third kappa shape index (κ3) is 3.48. The minimum Gasteiger partial charge on any atom is -0.490 e. The molecular weight excluding hydrogens is 270 g/mol. The number of epoxide rings is 3. The second-order valence-corrected chi connectivity index (χ2v) is 5.98. The van der Waals surface area contributed by atoms with Gasteiger partial charge in [0.25, 0.3) is 0 Å². The van der Waals surface area contributed by atoms with Crippen LogP contribution < -0.4 is 10.1 Å². The van der Waals surface area contributed by atoms with Gasteiger partial charge in [0.1, 0.15) is 18.5 Å². The summed E-state index contributed by atoms with van der Waals surface area (Å²) in [5, 5.41) is 3.47. The highest BCUT2D eigenvalue weighted by molar-refractivity contribution is 5.59. The summed E-state index contributed by atoms with van der Waals surface area (Å²) in [5.41, 5.74) is 3.66. The van der Waals surface area contributed by atoms with Crippen LogP contribution in [0.2, 0.25) is 0 Å². The fourth-order valence-electron chi connectivity index (χ4n) is 2.48. The summed E-state index contributed by atoms with van der Waals surface area (Å²) in [6.07, 6.45) is 1.93. The first-order valence-corrected chi connectivity index (χ1v) is 7.63. The van der Waals surface area contributed by atoms with Crippen molar-refractivity contribution >= 4 is 5.69 Å². The van der Waals surface area contributed by atoms with Crippen molar-refractivity contribution in [1.29, 1.82) is 0 Å². The minimum atomic E-state index is 0.278. The van der Waals surface area contributed by atoms with Crippen LogP contribution in [0.5, 0.6) is 5.75 Å². The first-order chi connectivity index (χ1) is 10.3. The third-order valence-electron chi connectivity index (χ3n) is 4.14. The van der Waals surface area contributed by atoms with E-state index in [9.17, 15) is 0 Å². The smallest absolute Gasteiger partial charge is 0.123 e. The SMILES string of the molecule is Cc1c(NCC2CO2)ccc(OCC2CO2)c1CC1CO1. The van der Waals surface area contributed by atoms with Crippen molar-refractivity contribution < 1.29 is 18.9 Å². The van der Waals surface area contributed by atoms with E-state index >= 15 is 0 Å². The van der Waals surface area contributed by atoms with Crippen LogP contribution in [0, 0.1) is 6.92 Å². The molecule has 3 heterocycles. The Kier molecular flexibility index (Phi) is 3.49. The maximum Gasteiger partial charge on any atom is 0.123 e. The molecule has 0 bridgehead atoms. The topological polar surface area (TPSA) is 58.9 Å². The van der Waals surface area contributed by atoms with Crippen molar-refractivity contribution in [3.8, 4) is 5.75 Å². The maximum absolute atomic E-state index is 5.93. The molecule has 0 aliphatic carbocycles. The molecule has 3 aliphatic rings. The van der Waals surface area contributed by atoms with Gasteiger partial charge >= 0.3 is 0 Å². The molecule has 21 heavy (non-hydrogen) atoms. The average molecular weight is 291 g/mol. The van der Waals surface area contributed by atoms with Crippen LogP contribution in [0.1, 0.15) is 11.1 Å². The van der Waals surface area contributed by atoms with E-state index in [-0.39, 0.29) is 6.10 Å². The van der Waals surface area contributed by atoms with Gasteiger partial charge in [0, 0.05) is 24.2 Å². The highest BCUT2D eigenvalue weighted by Crippen LogP contribution is 2.32. The Morgan fingerprint density at radius 1 is 1.10 bits per heavy atom. The Hall–Kier alpha value is -1.30. The Morgan fingerprint density at radius 3 is 2.48 bits per heavy atom. The quantitative estimate of drug-likeness (QED) is 0.736. The zero-order valence-corrected chi connectivity index (χ0v) is 12.3. The van der Waals surface area contributed by atoms with Crippen molar-refractivity contribution in [2.45, 2.75) is 31.7 Å². The molecule has 5 heteroatoms. The lowest BCUT2D eigenvalue weighted by Gasteiger charge is -2.17. The highest BCUT2D eigenvalue weighted by atomic mass is 16.6. The van der Waals surface area contributed by atoms with Crippen LogP contribution in [0.4, 0.5) is 5.69 Å². The standard InChI is InChI=1S/C16H21NO4/c1-10-14(4-11-6-18-11)16(21-9-13-8-20-13)3-2-15(10)17-5-12-7-19-12/h2-3,11-13,17H,4-9H2,1H3. The average Bonchev–Trinajstić information content (AvgIpc) is 3.35. The number of benzene rings is 1. The molecule has 3 aliphatic heterocycles. The van der Waals surface area contributed by atoms with Crippen molar-refractivity contribution in [3.63, 3.8) is 0 Å². The molecule has 0 aromatic heterocycles. The lowest BCUT2D eigenvalue weighted by atomic mass is 10.0. The monoisotopic (exact) mass is 291 g/mol. The van der Waals surface area contributed by atoms with Gasteiger partial charge in [0.15, 0.2) is 0 Å². The molecule has 0 amide bonds. The molecule has 3 unspecified atom stereocenters. The molecule has 3 atom stereocenters. The number of hydrogen-bond acceptors (Lipinski definition) is 5. The predicted molar refractivity (Wildman–Crippen MR) is 78.1 cm³/mol. The summed E-state index contributed by atoms with van der Waals surface area (Å²) < 4.78 is 21.8. The van der Waals surface area contributed by atoms with Crippen LogP contribution in [0.25, 0.3) is 0 Å². The normalized spacial score (nSPS) is 29.1. The highest BCUT2D eigenvalue weighted by Gasteiger charge is 2.28. The molecule has 114 valence electrons. The Morgan fingerprint density at radius 2 is 1.81 bits per heavy atom. The van der Waals surface area contributed by atoms with Gasteiger partial charge in [-0.15, -0.1) is 0 Å². The molecule has 3 fully saturated rings. The Balaban J connectivity index is 1.50. The molecule has 1 aromatic carbocycles. The van der Waals surface area contributed by atoms with Gasteiger partial charge in [-0.3, -0.25) is 0 Å². The van der Waals surface area contributed by atoms with Gasteiger partial charge in [-0.2, -0.15) is 0 Å².